The summed E-state index contributed by atoms with van der Waals surface area (Å²) in [6.07, 6.45) is -3.08. The number of piperidine rings is 1. The van der Waals surface area contributed by atoms with Crippen LogP contribution in [-0.2, 0) is 23.9 Å². The maximum Gasteiger partial charge on any atom is 0.417 e. The number of rotatable bonds is 7. The van der Waals surface area contributed by atoms with Crippen LogP contribution in [0.4, 0.5) is 22.0 Å². The van der Waals surface area contributed by atoms with Gasteiger partial charge in [0.1, 0.15) is 17.7 Å². The van der Waals surface area contributed by atoms with Gasteiger partial charge in [0.25, 0.3) is 0 Å². The van der Waals surface area contributed by atoms with Crippen LogP contribution in [0.2, 0.25) is 0 Å². The van der Waals surface area contributed by atoms with Gasteiger partial charge >= 0.3 is 6.18 Å². The van der Waals surface area contributed by atoms with Crippen molar-refractivity contribution in [3.63, 3.8) is 0 Å². The highest BCUT2D eigenvalue weighted by atomic mass is 19.4. The average molecular weight is 501 g/mol. The third kappa shape index (κ3) is 5.92. The fourth-order valence-electron chi connectivity index (χ4n) is 4.74. The molecule has 3 aromatic carbocycles. The molecule has 0 saturated carbocycles. The van der Waals surface area contributed by atoms with Gasteiger partial charge in [0.15, 0.2) is 0 Å². The third-order valence-corrected chi connectivity index (χ3v) is 6.65. The van der Waals surface area contributed by atoms with Gasteiger partial charge in [0.05, 0.1) is 24.3 Å². The molecule has 1 aliphatic heterocycles. The Hall–Kier alpha value is -3.28. The summed E-state index contributed by atoms with van der Waals surface area (Å²) in [5, 5.41) is 12.8. The number of ether oxygens (including phenoxy) is 1. The van der Waals surface area contributed by atoms with E-state index in [1.807, 2.05) is 0 Å². The highest BCUT2D eigenvalue weighted by molar-refractivity contribution is 5.68. The molecule has 0 amide bonds. The molecule has 1 heterocycles. The smallest absolute Gasteiger partial charge is 0.376 e. The molecule has 1 fully saturated rings. The van der Waals surface area contributed by atoms with Crippen LogP contribution in [0.3, 0.4) is 0 Å². The van der Waals surface area contributed by atoms with Gasteiger partial charge in [0, 0.05) is 11.5 Å². The van der Waals surface area contributed by atoms with E-state index in [4.69, 9.17) is 4.74 Å². The van der Waals surface area contributed by atoms with Crippen LogP contribution in [0.5, 0.6) is 0 Å². The SMILES string of the molecule is N#Cc1c(COCC2(Cc3ccc(F)cc3F)CCNCC2)cc(-c2ccccc2)cc1C(F)(F)F. The highest BCUT2D eigenvalue weighted by Gasteiger charge is 2.36. The molecule has 1 aliphatic rings. The second-order valence-electron chi connectivity index (χ2n) is 9.19. The van der Waals surface area contributed by atoms with Crippen molar-refractivity contribution in [3.8, 4) is 17.2 Å². The van der Waals surface area contributed by atoms with Crippen molar-refractivity contribution in [2.24, 2.45) is 5.41 Å². The van der Waals surface area contributed by atoms with Crippen LogP contribution >= 0.6 is 0 Å². The third-order valence-electron chi connectivity index (χ3n) is 6.65. The number of nitrogens with one attached hydrogen (secondary N) is 1. The first kappa shape index (κ1) is 25.8. The summed E-state index contributed by atoms with van der Waals surface area (Å²) in [6.45, 7) is 1.32. The van der Waals surface area contributed by atoms with E-state index < -0.39 is 34.4 Å². The molecule has 0 aromatic heterocycles. The van der Waals surface area contributed by atoms with E-state index in [0.717, 1.165) is 12.1 Å². The Morgan fingerprint density at radius 1 is 0.917 bits per heavy atom. The lowest BCUT2D eigenvalue weighted by Gasteiger charge is -2.37. The second-order valence-corrected chi connectivity index (χ2v) is 9.19. The second kappa shape index (κ2) is 10.8. The maximum atomic E-state index is 14.4. The number of nitrogens with zero attached hydrogens (tertiary/aromatic N) is 1. The van der Waals surface area contributed by atoms with Crippen molar-refractivity contribution in [2.75, 3.05) is 19.7 Å². The Balaban J connectivity index is 1.61. The van der Waals surface area contributed by atoms with Crippen molar-refractivity contribution < 1.29 is 26.7 Å². The van der Waals surface area contributed by atoms with Gasteiger partial charge in [-0.15, -0.1) is 0 Å². The summed E-state index contributed by atoms with van der Waals surface area (Å²) < 4.78 is 75.2. The molecule has 0 atom stereocenters. The molecular weight excluding hydrogens is 475 g/mol. The zero-order valence-electron chi connectivity index (χ0n) is 19.5. The van der Waals surface area contributed by atoms with E-state index in [1.54, 1.807) is 42.5 Å². The minimum absolute atomic E-state index is 0.142. The van der Waals surface area contributed by atoms with Gasteiger partial charge < -0.3 is 10.1 Å². The molecule has 0 unspecified atom stereocenters. The molecule has 3 aromatic rings. The van der Waals surface area contributed by atoms with Crippen LogP contribution in [0.25, 0.3) is 11.1 Å². The lowest BCUT2D eigenvalue weighted by molar-refractivity contribution is -0.137. The Morgan fingerprint density at radius 2 is 1.64 bits per heavy atom. The summed E-state index contributed by atoms with van der Waals surface area (Å²) in [6, 6.07) is 16.3. The van der Waals surface area contributed by atoms with E-state index in [0.29, 0.717) is 49.0 Å². The van der Waals surface area contributed by atoms with Crippen LogP contribution in [-0.4, -0.2) is 19.7 Å². The zero-order chi connectivity index (χ0) is 25.8. The summed E-state index contributed by atoms with van der Waals surface area (Å²) in [5.41, 5.74) is -0.504. The van der Waals surface area contributed by atoms with Crippen molar-refractivity contribution in [1.82, 2.24) is 5.32 Å². The first-order valence-corrected chi connectivity index (χ1v) is 11.6. The Bertz CT molecular complexity index is 1250. The van der Waals surface area contributed by atoms with E-state index in [-0.39, 0.29) is 18.8 Å². The highest BCUT2D eigenvalue weighted by Crippen LogP contribution is 2.38. The van der Waals surface area contributed by atoms with Crippen molar-refractivity contribution >= 4 is 0 Å². The van der Waals surface area contributed by atoms with Gasteiger partial charge in [-0.25, -0.2) is 8.78 Å². The Labute approximate surface area is 206 Å². The monoisotopic (exact) mass is 500 g/mol. The molecule has 1 N–H and O–H groups in total. The zero-order valence-corrected chi connectivity index (χ0v) is 19.5. The molecule has 0 bridgehead atoms. The normalized spacial score (nSPS) is 15.4. The number of benzene rings is 3. The summed E-state index contributed by atoms with van der Waals surface area (Å²) in [7, 11) is 0. The molecule has 0 spiro atoms. The number of alkyl halides is 3. The van der Waals surface area contributed by atoms with Gasteiger partial charge in [0.2, 0.25) is 0 Å². The largest absolute Gasteiger partial charge is 0.417 e. The summed E-state index contributed by atoms with van der Waals surface area (Å²) >= 11 is 0. The summed E-state index contributed by atoms with van der Waals surface area (Å²) in [4.78, 5) is 0. The van der Waals surface area contributed by atoms with E-state index >= 15 is 0 Å². The molecule has 8 heteroatoms. The Kier molecular flexibility index (Phi) is 7.72. The minimum Gasteiger partial charge on any atom is -0.376 e. The molecule has 3 nitrogen and oxygen atoms in total. The lowest BCUT2D eigenvalue weighted by atomic mass is 9.75. The predicted octanol–water partition coefficient (Wildman–Crippen LogP) is 6.65. The van der Waals surface area contributed by atoms with Crippen molar-refractivity contribution in [3.05, 3.63) is 94.6 Å². The topological polar surface area (TPSA) is 45.0 Å². The first-order valence-electron chi connectivity index (χ1n) is 11.6. The molecule has 1 saturated heterocycles. The summed E-state index contributed by atoms with van der Waals surface area (Å²) in [5.74, 6) is -1.29. The average Bonchev–Trinajstić information content (AvgIpc) is 2.86. The number of hydrogen-bond donors (Lipinski definition) is 1. The number of halogens is 5. The minimum atomic E-state index is -4.71. The predicted molar refractivity (Wildman–Crippen MR) is 126 cm³/mol. The van der Waals surface area contributed by atoms with Gasteiger partial charge in [-0.2, -0.15) is 18.4 Å². The van der Waals surface area contributed by atoms with Crippen molar-refractivity contribution in [1.29, 1.82) is 5.26 Å². The number of nitriles is 1. The quantitative estimate of drug-likeness (QED) is 0.370. The number of hydrogen-bond acceptors (Lipinski definition) is 3. The van der Waals surface area contributed by atoms with Gasteiger partial charge in [-0.05, 0) is 72.8 Å². The van der Waals surface area contributed by atoms with Crippen molar-refractivity contribution in [2.45, 2.75) is 32.0 Å². The lowest BCUT2D eigenvalue weighted by Crippen LogP contribution is -2.41. The van der Waals surface area contributed by atoms with Gasteiger partial charge in [-0.1, -0.05) is 36.4 Å². The standard InChI is InChI=1S/C28H25F5N2O/c29-23-7-6-20(26(30)14-23)15-27(8-10-35-11-9-27)18-36-17-22-12-21(19-4-2-1-3-5-19)13-25(24(22)16-34)28(31,32)33/h1-7,12-14,35H,8-11,15,17-18H2. The van der Waals surface area contributed by atoms with Crippen LogP contribution in [0.15, 0.2) is 60.7 Å². The van der Waals surface area contributed by atoms with Crippen LogP contribution in [0, 0.1) is 28.4 Å². The molecule has 0 aliphatic carbocycles. The van der Waals surface area contributed by atoms with Gasteiger partial charge in [-0.3, -0.25) is 0 Å². The Morgan fingerprint density at radius 3 is 2.28 bits per heavy atom. The molecule has 0 radical (unpaired) electrons. The van der Waals surface area contributed by atoms with E-state index in [1.165, 1.54) is 12.1 Å². The fraction of sp³-hybridized carbons (Fsp3) is 0.321. The first-order chi connectivity index (χ1) is 17.2. The molecule has 4 rings (SSSR count). The van der Waals surface area contributed by atoms with E-state index in [9.17, 15) is 27.2 Å². The fourth-order valence-corrected chi connectivity index (χ4v) is 4.74. The maximum absolute atomic E-state index is 14.4. The van der Waals surface area contributed by atoms with Crippen LogP contribution < -0.4 is 5.32 Å². The molecule has 36 heavy (non-hydrogen) atoms. The van der Waals surface area contributed by atoms with E-state index in [2.05, 4.69) is 5.32 Å². The van der Waals surface area contributed by atoms with Crippen LogP contribution in [0.1, 0.15) is 35.1 Å². The molecule has 188 valence electrons. The molecular formula is C28H25F5N2O.